The number of hydrogen-bond donors (Lipinski definition) is 3. The van der Waals surface area contributed by atoms with Crippen molar-refractivity contribution in [3.63, 3.8) is 0 Å². The SMILES string of the molecule is COC(=O)NCC1CCC(n2c(Nc3cccc(Cl)c3)nc3cnc(NC4(C)CCOCC4)nc32)CC1. The molecule has 3 aromatic rings. The molecule has 2 fully saturated rings. The van der Waals surface area contributed by atoms with Crippen LogP contribution in [0, 0.1) is 5.92 Å². The van der Waals surface area contributed by atoms with E-state index in [9.17, 15) is 4.79 Å². The van der Waals surface area contributed by atoms with Gasteiger partial charge in [0.15, 0.2) is 5.65 Å². The van der Waals surface area contributed by atoms with Crippen molar-refractivity contribution < 1.29 is 14.3 Å². The lowest BCUT2D eigenvalue weighted by molar-refractivity contribution is 0.0656. The molecule has 0 atom stereocenters. The number of carbonyl (C=O) groups excluding carboxylic acids is 1. The van der Waals surface area contributed by atoms with E-state index >= 15 is 0 Å². The Morgan fingerprint density at radius 3 is 2.73 bits per heavy atom. The third kappa shape index (κ3) is 6.07. The van der Waals surface area contributed by atoms with Crippen LogP contribution in [-0.2, 0) is 9.47 Å². The first-order valence-corrected chi connectivity index (χ1v) is 13.3. The average molecular weight is 528 g/mol. The lowest BCUT2D eigenvalue weighted by Crippen LogP contribution is -2.41. The standard InChI is InChI=1S/C26H34ClN7O3/c1-26(10-12-37-13-11-26)33-23-28-16-21-22(32-23)34(24(31-21)30-19-5-3-4-18(27)14-19)20-8-6-17(7-9-20)15-29-25(35)36-2/h3-5,14,16-17,20H,6-13,15H2,1-2H3,(H,29,35)(H,30,31)(H,28,32,33). The fraction of sp³-hybridized carbons (Fsp3) is 0.538. The predicted octanol–water partition coefficient (Wildman–Crippen LogP) is 5.29. The number of alkyl carbamates (subject to hydrolysis) is 1. The monoisotopic (exact) mass is 527 g/mol. The summed E-state index contributed by atoms with van der Waals surface area (Å²) in [7, 11) is 1.39. The van der Waals surface area contributed by atoms with Crippen LogP contribution in [0.5, 0.6) is 0 Å². The summed E-state index contributed by atoms with van der Waals surface area (Å²) >= 11 is 6.24. The van der Waals surface area contributed by atoms with Gasteiger partial charge in [-0.05, 0) is 69.6 Å². The van der Waals surface area contributed by atoms with E-state index in [2.05, 4.69) is 32.4 Å². The van der Waals surface area contributed by atoms with Gasteiger partial charge in [-0.25, -0.2) is 14.8 Å². The summed E-state index contributed by atoms with van der Waals surface area (Å²) < 4.78 is 12.5. The predicted molar refractivity (Wildman–Crippen MR) is 144 cm³/mol. The van der Waals surface area contributed by atoms with Crippen LogP contribution in [0.3, 0.4) is 0 Å². The molecule has 0 unspecified atom stereocenters. The van der Waals surface area contributed by atoms with Crippen LogP contribution in [-0.4, -0.2) is 58.0 Å². The number of aromatic nitrogens is 4. The van der Waals surface area contributed by atoms with Gasteiger partial charge in [-0.3, -0.25) is 4.57 Å². The lowest BCUT2D eigenvalue weighted by atomic mass is 9.86. The Morgan fingerprint density at radius 1 is 1.22 bits per heavy atom. The molecule has 0 spiro atoms. The van der Waals surface area contributed by atoms with Crippen LogP contribution < -0.4 is 16.0 Å². The fourth-order valence-corrected chi connectivity index (χ4v) is 5.39. The van der Waals surface area contributed by atoms with Gasteiger partial charge in [-0.1, -0.05) is 17.7 Å². The van der Waals surface area contributed by atoms with E-state index in [0.29, 0.717) is 23.4 Å². The number of benzene rings is 1. The molecule has 11 heteroatoms. The zero-order chi connectivity index (χ0) is 25.8. The Balaban J connectivity index is 1.42. The number of hydrogen-bond acceptors (Lipinski definition) is 8. The number of halogens is 1. The molecule has 1 amide bonds. The molecule has 2 aliphatic rings. The van der Waals surface area contributed by atoms with Crippen molar-refractivity contribution in [1.82, 2.24) is 24.8 Å². The molecule has 37 heavy (non-hydrogen) atoms. The maximum absolute atomic E-state index is 11.5. The molecule has 1 saturated carbocycles. The first-order chi connectivity index (χ1) is 17.9. The highest BCUT2D eigenvalue weighted by atomic mass is 35.5. The molecule has 1 aromatic carbocycles. The van der Waals surface area contributed by atoms with E-state index in [4.69, 9.17) is 31.0 Å². The summed E-state index contributed by atoms with van der Waals surface area (Å²) in [4.78, 5) is 25.9. The van der Waals surface area contributed by atoms with E-state index in [0.717, 1.165) is 74.5 Å². The summed E-state index contributed by atoms with van der Waals surface area (Å²) in [5, 5.41) is 10.5. The Kier molecular flexibility index (Phi) is 7.66. The summed E-state index contributed by atoms with van der Waals surface area (Å²) in [6.07, 6.45) is 7.08. The van der Waals surface area contributed by atoms with Crippen LogP contribution in [0.4, 0.5) is 22.4 Å². The number of nitrogens with zero attached hydrogens (tertiary/aromatic N) is 4. The van der Waals surface area contributed by atoms with E-state index in [-0.39, 0.29) is 17.7 Å². The van der Waals surface area contributed by atoms with E-state index in [1.54, 1.807) is 6.20 Å². The fourth-order valence-electron chi connectivity index (χ4n) is 5.20. The minimum absolute atomic E-state index is 0.108. The molecule has 1 saturated heterocycles. The van der Waals surface area contributed by atoms with Crippen molar-refractivity contribution in [1.29, 1.82) is 0 Å². The summed E-state index contributed by atoms with van der Waals surface area (Å²) in [5.74, 6) is 1.73. The number of ether oxygens (including phenoxy) is 2. The minimum Gasteiger partial charge on any atom is -0.453 e. The van der Waals surface area contributed by atoms with Crippen LogP contribution in [0.15, 0.2) is 30.5 Å². The zero-order valence-corrected chi connectivity index (χ0v) is 22.1. The van der Waals surface area contributed by atoms with Gasteiger partial charge in [0.2, 0.25) is 11.9 Å². The van der Waals surface area contributed by atoms with Crippen molar-refractivity contribution >= 4 is 46.4 Å². The number of imidazole rings is 1. The topological polar surface area (TPSA) is 115 Å². The van der Waals surface area contributed by atoms with Crippen molar-refractivity contribution in [2.24, 2.45) is 5.92 Å². The Morgan fingerprint density at radius 2 is 2.00 bits per heavy atom. The zero-order valence-electron chi connectivity index (χ0n) is 21.3. The molecule has 1 aliphatic carbocycles. The van der Waals surface area contributed by atoms with E-state index < -0.39 is 0 Å². The molecule has 0 bridgehead atoms. The highest BCUT2D eigenvalue weighted by molar-refractivity contribution is 6.30. The molecule has 5 rings (SSSR count). The quantitative estimate of drug-likeness (QED) is 0.379. The van der Waals surface area contributed by atoms with Gasteiger partial charge in [0.1, 0.15) is 5.52 Å². The second-order valence-electron chi connectivity index (χ2n) is 10.2. The summed E-state index contributed by atoms with van der Waals surface area (Å²) in [6.45, 7) is 4.27. The number of carbonyl (C=O) groups is 1. The smallest absolute Gasteiger partial charge is 0.406 e. The minimum atomic E-state index is -0.384. The van der Waals surface area contributed by atoms with E-state index in [1.807, 2.05) is 24.3 Å². The van der Waals surface area contributed by atoms with Gasteiger partial charge in [-0.15, -0.1) is 0 Å². The molecule has 10 nitrogen and oxygen atoms in total. The average Bonchev–Trinajstić information content (AvgIpc) is 3.24. The van der Waals surface area contributed by atoms with Crippen LogP contribution in [0.2, 0.25) is 5.02 Å². The highest BCUT2D eigenvalue weighted by Gasteiger charge is 2.30. The van der Waals surface area contributed by atoms with Gasteiger partial charge in [0.05, 0.1) is 13.3 Å². The molecule has 3 N–H and O–H groups in total. The van der Waals surface area contributed by atoms with Crippen LogP contribution in [0.1, 0.15) is 51.5 Å². The van der Waals surface area contributed by atoms with Crippen LogP contribution in [0.25, 0.3) is 11.2 Å². The Bertz CT molecular complexity index is 1240. The molecular weight excluding hydrogens is 494 g/mol. The lowest BCUT2D eigenvalue weighted by Gasteiger charge is -2.34. The highest BCUT2D eigenvalue weighted by Crippen LogP contribution is 2.37. The molecule has 3 heterocycles. The summed E-state index contributed by atoms with van der Waals surface area (Å²) in [5.41, 5.74) is 2.29. The van der Waals surface area contributed by atoms with Gasteiger partial charge in [0.25, 0.3) is 0 Å². The number of anilines is 3. The van der Waals surface area contributed by atoms with Crippen LogP contribution >= 0.6 is 11.6 Å². The van der Waals surface area contributed by atoms with Crippen molar-refractivity contribution in [2.45, 2.75) is 57.0 Å². The largest absolute Gasteiger partial charge is 0.453 e. The number of amides is 1. The molecular formula is C26H34ClN7O3. The normalized spacial score (nSPS) is 21.4. The van der Waals surface area contributed by atoms with Gasteiger partial charge in [0, 0.05) is 42.0 Å². The maximum atomic E-state index is 11.5. The number of rotatable bonds is 7. The first kappa shape index (κ1) is 25.5. The van der Waals surface area contributed by atoms with Crippen molar-refractivity contribution in [3.8, 4) is 0 Å². The second-order valence-corrected chi connectivity index (χ2v) is 10.6. The van der Waals surface area contributed by atoms with Gasteiger partial charge in [-0.2, -0.15) is 4.98 Å². The maximum Gasteiger partial charge on any atom is 0.406 e. The van der Waals surface area contributed by atoms with Gasteiger partial charge < -0.3 is 25.4 Å². The van der Waals surface area contributed by atoms with E-state index in [1.165, 1.54) is 7.11 Å². The molecule has 198 valence electrons. The number of fused-ring (bicyclic) bond motifs is 1. The Labute approximate surface area is 221 Å². The molecule has 0 radical (unpaired) electrons. The first-order valence-electron chi connectivity index (χ1n) is 12.9. The third-order valence-electron chi connectivity index (χ3n) is 7.43. The summed E-state index contributed by atoms with van der Waals surface area (Å²) in [6, 6.07) is 7.82. The Hall–Kier alpha value is -3.11. The molecule has 1 aliphatic heterocycles. The van der Waals surface area contributed by atoms with Crippen molar-refractivity contribution in [3.05, 3.63) is 35.5 Å². The number of nitrogens with one attached hydrogen (secondary N) is 3. The van der Waals surface area contributed by atoms with Crippen molar-refractivity contribution in [2.75, 3.05) is 37.5 Å². The second kappa shape index (κ2) is 11.1. The molecule has 2 aromatic heterocycles. The number of methoxy groups -OCH3 is 1. The van der Waals surface area contributed by atoms with Gasteiger partial charge >= 0.3 is 6.09 Å². The third-order valence-corrected chi connectivity index (χ3v) is 7.66.